The normalized spacial score (nSPS) is 15.3. The fourth-order valence-electron chi connectivity index (χ4n) is 1.54. The fraction of sp³-hybridized carbons (Fsp3) is 0.538. The predicted molar refractivity (Wildman–Crippen MR) is 63.6 cm³/mol. The van der Waals surface area contributed by atoms with Crippen molar-refractivity contribution < 1.29 is 5.11 Å². The average Bonchev–Trinajstić information content (AvgIpc) is 2.27. The van der Waals surface area contributed by atoms with Crippen LogP contribution in [0.3, 0.4) is 0 Å². The zero-order valence-corrected chi connectivity index (χ0v) is 9.77. The maximum absolute atomic E-state index is 10.00. The van der Waals surface area contributed by atoms with Gasteiger partial charge in [-0.2, -0.15) is 0 Å². The smallest absolute Gasteiger partial charge is 0.0943 e. The molecule has 0 heterocycles. The van der Waals surface area contributed by atoms with E-state index in [0.29, 0.717) is 0 Å². The monoisotopic (exact) mass is 207 g/mol. The predicted octanol–water partition coefficient (Wildman–Crippen LogP) is 2.27. The van der Waals surface area contributed by atoms with E-state index in [2.05, 4.69) is 6.92 Å². The Morgan fingerprint density at radius 3 is 2.13 bits per heavy atom. The molecule has 2 atom stereocenters. The Bertz CT molecular complexity index is 292. The van der Waals surface area contributed by atoms with E-state index in [9.17, 15) is 5.11 Å². The van der Waals surface area contributed by atoms with Crippen molar-refractivity contribution in [3.05, 3.63) is 35.4 Å². The van der Waals surface area contributed by atoms with Crippen LogP contribution in [0.15, 0.2) is 24.3 Å². The Morgan fingerprint density at radius 2 is 1.73 bits per heavy atom. The molecule has 0 aliphatic rings. The molecule has 1 rings (SSSR count). The number of aryl methyl sites for hydroxylation is 1. The molecule has 2 unspecified atom stereocenters. The van der Waals surface area contributed by atoms with E-state index < -0.39 is 6.10 Å². The summed E-state index contributed by atoms with van der Waals surface area (Å²) in [6.07, 6.45) is 0.461. The van der Waals surface area contributed by atoms with Gasteiger partial charge in [-0.3, -0.25) is 0 Å². The molecule has 0 amide bonds. The largest absolute Gasteiger partial charge is 0.387 e. The van der Waals surface area contributed by atoms with E-state index >= 15 is 0 Å². The standard InChI is InChI=1S/C13H21NO/c1-4-10-5-7-11(8-6-10)13(15)12(14)9(2)3/h5-9,12-13,15H,4,14H2,1-3H3. The van der Waals surface area contributed by atoms with Crippen LogP contribution in [0.4, 0.5) is 0 Å². The van der Waals surface area contributed by atoms with Crippen molar-refractivity contribution >= 4 is 0 Å². The van der Waals surface area contributed by atoms with Crippen LogP contribution in [-0.2, 0) is 6.42 Å². The van der Waals surface area contributed by atoms with Crippen LogP contribution >= 0.6 is 0 Å². The number of rotatable bonds is 4. The Kier molecular flexibility index (Phi) is 4.30. The molecule has 3 N–H and O–H groups in total. The first-order valence-electron chi connectivity index (χ1n) is 5.58. The summed E-state index contributed by atoms with van der Waals surface area (Å²) < 4.78 is 0. The number of benzene rings is 1. The molecular weight excluding hydrogens is 186 g/mol. The van der Waals surface area contributed by atoms with Crippen molar-refractivity contribution in [2.45, 2.75) is 39.3 Å². The van der Waals surface area contributed by atoms with Gasteiger partial charge in [0.25, 0.3) is 0 Å². The first-order chi connectivity index (χ1) is 7.06. The summed E-state index contributed by atoms with van der Waals surface area (Å²) in [6, 6.07) is 7.83. The van der Waals surface area contributed by atoms with E-state index in [-0.39, 0.29) is 12.0 Å². The highest BCUT2D eigenvalue weighted by molar-refractivity contribution is 5.25. The van der Waals surface area contributed by atoms with Gasteiger partial charge in [0.15, 0.2) is 0 Å². The van der Waals surface area contributed by atoms with Gasteiger partial charge in [-0.05, 0) is 23.5 Å². The molecule has 2 nitrogen and oxygen atoms in total. The molecule has 2 heteroatoms. The summed E-state index contributed by atoms with van der Waals surface area (Å²) >= 11 is 0. The Labute approximate surface area is 92.1 Å². The van der Waals surface area contributed by atoms with Gasteiger partial charge in [-0.25, -0.2) is 0 Å². The van der Waals surface area contributed by atoms with Crippen LogP contribution in [0.1, 0.15) is 38.0 Å². The first-order valence-corrected chi connectivity index (χ1v) is 5.58. The molecule has 1 aromatic rings. The minimum Gasteiger partial charge on any atom is -0.387 e. The molecule has 0 spiro atoms. The second-order valence-corrected chi connectivity index (χ2v) is 4.36. The first kappa shape index (κ1) is 12.2. The minimum absolute atomic E-state index is 0.197. The summed E-state index contributed by atoms with van der Waals surface area (Å²) in [5, 5.41) is 10.00. The van der Waals surface area contributed by atoms with E-state index in [1.807, 2.05) is 38.1 Å². The Hall–Kier alpha value is -0.860. The quantitative estimate of drug-likeness (QED) is 0.795. The van der Waals surface area contributed by atoms with Crippen LogP contribution < -0.4 is 5.73 Å². The third-order valence-electron chi connectivity index (χ3n) is 2.86. The molecule has 0 aliphatic carbocycles. The molecule has 0 aromatic heterocycles. The third-order valence-corrected chi connectivity index (χ3v) is 2.86. The molecule has 15 heavy (non-hydrogen) atoms. The van der Waals surface area contributed by atoms with Crippen molar-refractivity contribution in [2.24, 2.45) is 11.7 Å². The Balaban J connectivity index is 2.78. The average molecular weight is 207 g/mol. The topological polar surface area (TPSA) is 46.2 Å². The lowest BCUT2D eigenvalue weighted by Crippen LogP contribution is -2.33. The maximum atomic E-state index is 10.00. The molecular formula is C13H21NO. The highest BCUT2D eigenvalue weighted by atomic mass is 16.3. The summed E-state index contributed by atoms with van der Waals surface area (Å²) in [6.45, 7) is 6.16. The van der Waals surface area contributed by atoms with Gasteiger partial charge < -0.3 is 10.8 Å². The molecule has 0 bridgehead atoms. The van der Waals surface area contributed by atoms with Gasteiger partial charge in [-0.15, -0.1) is 0 Å². The van der Waals surface area contributed by atoms with Crippen LogP contribution in [0, 0.1) is 5.92 Å². The molecule has 0 aliphatic heterocycles. The number of hydrogen-bond acceptors (Lipinski definition) is 2. The van der Waals surface area contributed by atoms with Crippen molar-refractivity contribution in [1.82, 2.24) is 0 Å². The molecule has 1 aromatic carbocycles. The van der Waals surface area contributed by atoms with E-state index in [1.54, 1.807) is 0 Å². The number of hydrogen-bond donors (Lipinski definition) is 2. The molecule has 0 saturated carbocycles. The van der Waals surface area contributed by atoms with Gasteiger partial charge in [0.1, 0.15) is 0 Å². The van der Waals surface area contributed by atoms with E-state index in [4.69, 9.17) is 5.73 Å². The van der Waals surface area contributed by atoms with Crippen molar-refractivity contribution in [3.8, 4) is 0 Å². The fourth-order valence-corrected chi connectivity index (χ4v) is 1.54. The number of aliphatic hydroxyl groups is 1. The van der Waals surface area contributed by atoms with Gasteiger partial charge in [0.2, 0.25) is 0 Å². The van der Waals surface area contributed by atoms with Gasteiger partial charge in [0.05, 0.1) is 6.10 Å². The molecule has 84 valence electrons. The second kappa shape index (κ2) is 5.29. The maximum Gasteiger partial charge on any atom is 0.0943 e. The minimum atomic E-state index is -0.559. The number of aliphatic hydroxyl groups excluding tert-OH is 1. The SMILES string of the molecule is CCc1ccc(C(O)C(N)C(C)C)cc1. The lowest BCUT2D eigenvalue weighted by Gasteiger charge is -2.22. The lowest BCUT2D eigenvalue weighted by molar-refractivity contribution is 0.126. The molecule has 0 saturated heterocycles. The van der Waals surface area contributed by atoms with Crippen LogP contribution in [0.25, 0.3) is 0 Å². The third kappa shape index (κ3) is 3.05. The van der Waals surface area contributed by atoms with E-state index in [1.165, 1.54) is 5.56 Å². The summed E-state index contributed by atoms with van der Waals surface area (Å²) in [4.78, 5) is 0. The summed E-state index contributed by atoms with van der Waals surface area (Å²) in [5.41, 5.74) is 8.10. The zero-order chi connectivity index (χ0) is 11.4. The van der Waals surface area contributed by atoms with Crippen molar-refractivity contribution in [2.75, 3.05) is 0 Å². The highest BCUT2D eigenvalue weighted by Gasteiger charge is 2.19. The number of nitrogens with two attached hydrogens (primary N) is 1. The van der Waals surface area contributed by atoms with Gasteiger partial charge in [0, 0.05) is 6.04 Å². The van der Waals surface area contributed by atoms with Crippen molar-refractivity contribution in [1.29, 1.82) is 0 Å². The van der Waals surface area contributed by atoms with Gasteiger partial charge in [-0.1, -0.05) is 45.0 Å². The van der Waals surface area contributed by atoms with Crippen molar-refractivity contribution in [3.63, 3.8) is 0 Å². The molecule has 0 fully saturated rings. The van der Waals surface area contributed by atoms with E-state index in [0.717, 1.165) is 12.0 Å². The van der Waals surface area contributed by atoms with Crippen LogP contribution in [0.2, 0.25) is 0 Å². The van der Waals surface area contributed by atoms with Crippen LogP contribution in [0.5, 0.6) is 0 Å². The summed E-state index contributed by atoms with van der Waals surface area (Å²) in [5.74, 6) is 0.283. The summed E-state index contributed by atoms with van der Waals surface area (Å²) in [7, 11) is 0. The highest BCUT2D eigenvalue weighted by Crippen LogP contribution is 2.20. The Morgan fingerprint density at radius 1 is 1.20 bits per heavy atom. The second-order valence-electron chi connectivity index (χ2n) is 4.36. The molecule has 0 radical (unpaired) electrons. The van der Waals surface area contributed by atoms with Gasteiger partial charge >= 0.3 is 0 Å². The van der Waals surface area contributed by atoms with Crippen LogP contribution in [-0.4, -0.2) is 11.1 Å². The lowest BCUT2D eigenvalue weighted by atomic mass is 9.94. The zero-order valence-electron chi connectivity index (χ0n) is 9.77.